The fraction of sp³-hybridized carbons (Fsp3) is 0.889. The van der Waals surface area contributed by atoms with Crippen LogP contribution in [0.4, 0.5) is 0 Å². The summed E-state index contributed by atoms with van der Waals surface area (Å²) in [6.45, 7) is 11.4. The largest absolute Gasteiger partial charge is 0.339 e. The van der Waals surface area contributed by atoms with Crippen LogP contribution >= 0.6 is 24.8 Å². The molecule has 0 aromatic rings. The Morgan fingerprint density at radius 3 is 2.08 bits per heavy atom. The molecule has 1 unspecified atom stereocenters. The summed E-state index contributed by atoms with van der Waals surface area (Å²) in [7, 11) is 0. The van der Waals surface area contributed by atoms with E-state index in [2.05, 4.69) is 24.1 Å². The van der Waals surface area contributed by atoms with Crippen molar-refractivity contribution in [1.29, 1.82) is 0 Å². The third-order valence-electron chi connectivity index (χ3n) is 6.28. The van der Waals surface area contributed by atoms with E-state index >= 15 is 0 Å². The highest BCUT2D eigenvalue weighted by atomic mass is 35.5. The molecule has 1 spiro atoms. The molecule has 152 valence electrons. The van der Waals surface area contributed by atoms with Crippen molar-refractivity contribution < 1.29 is 9.59 Å². The molecule has 0 aromatic carbocycles. The van der Waals surface area contributed by atoms with E-state index in [4.69, 9.17) is 0 Å². The molecule has 2 saturated heterocycles. The molecular formula is C18H34Cl2N4O2. The average Bonchev–Trinajstić information content (AvgIpc) is 3.32. The fourth-order valence-corrected chi connectivity index (χ4v) is 4.31. The van der Waals surface area contributed by atoms with Gasteiger partial charge < -0.3 is 15.1 Å². The number of carbonyl (C=O) groups is 2. The van der Waals surface area contributed by atoms with Crippen molar-refractivity contribution in [2.24, 2.45) is 11.3 Å². The third-order valence-corrected chi connectivity index (χ3v) is 6.28. The first-order valence-electron chi connectivity index (χ1n) is 9.59. The Balaban J connectivity index is 0.00000169. The number of amides is 2. The molecule has 3 fully saturated rings. The van der Waals surface area contributed by atoms with Gasteiger partial charge in [0.15, 0.2) is 0 Å². The topological polar surface area (TPSA) is 55.9 Å². The van der Waals surface area contributed by atoms with Gasteiger partial charge in [-0.1, -0.05) is 13.8 Å². The molecule has 1 N–H and O–H groups in total. The molecule has 0 bridgehead atoms. The highest BCUT2D eigenvalue weighted by Gasteiger charge is 2.58. The molecule has 26 heavy (non-hydrogen) atoms. The smallest absolute Gasteiger partial charge is 0.236 e. The lowest BCUT2D eigenvalue weighted by Gasteiger charge is -2.36. The molecule has 3 aliphatic rings. The number of carbonyl (C=O) groups excluding carboxylic acids is 2. The maximum Gasteiger partial charge on any atom is 0.236 e. The van der Waals surface area contributed by atoms with Crippen LogP contribution in [0, 0.1) is 11.3 Å². The van der Waals surface area contributed by atoms with Crippen molar-refractivity contribution in [3.8, 4) is 0 Å². The predicted molar refractivity (Wildman–Crippen MR) is 108 cm³/mol. The molecule has 0 radical (unpaired) electrons. The Kier molecular flexibility index (Phi) is 9.13. The number of halogens is 2. The lowest BCUT2D eigenvalue weighted by Crippen LogP contribution is -2.53. The first kappa shape index (κ1) is 23.5. The minimum Gasteiger partial charge on any atom is -0.339 e. The first-order valence-corrected chi connectivity index (χ1v) is 9.59. The summed E-state index contributed by atoms with van der Waals surface area (Å²) < 4.78 is 0. The van der Waals surface area contributed by atoms with Crippen LogP contribution in [0.25, 0.3) is 0 Å². The monoisotopic (exact) mass is 408 g/mol. The van der Waals surface area contributed by atoms with Crippen molar-refractivity contribution in [1.82, 2.24) is 20.0 Å². The Morgan fingerprint density at radius 2 is 1.54 bits per heavy atom. The van der Waals surface area contributed by atoms with Gasteiger partial charge in [-0.15, -0.1) is 24.8 Å². The van der Waals surface area contributed by atoms with Crippen molar-refractivity contribution in [3.05, 3.63) is 0 Å². The van der Waals surface area contributed by atoms with Gasteiger partial charge >= 0.3 is 0 Å². The lowest BCUT2D eigenvalue weighted by molar-refractivity contribution is -0.141. The molecule has 2 aliphatic heterocycles. The van der Waals surface area contributed by atoms with Crippen molar-refractivity contribution in [2.75, 3.05) is 58.9 Å². The van der Waals surface area contributed by atoms with Crippen LogP contribution in [0.3, 0.4) is 0 Å². The molecule has 8 heteroatoms. The van der Waals surface area contributed by atoms with Crippen molar-refractivity contribution in [3.63, 3.8) is 0 Å². The predicted octanol–water partition coefficient (Wildman–Crippen LogP) is 1.23. The summed E-state index contributed by atoms with van der Waals surface area (Å²) >= 11 is 0. The van der Waals surface area contributed by atoms with Gasteiger partial charge in [0.25, 0.3) is 0 Å². The van der Waals surface area contributed by atoms with E-state index in [0.29, 0.717) is 44.0 Å². The van der Waals surface area contributed by atoms with Crippen molar-refractivity contribution >= 4 is 36.6 Å². The molecule has 1 saturated carbocycles. The highest BCUT2D eigenvalue weighted by Crippen LogP contribution is 2.59. The lowest BCUT2D eigenvalue weighted by atomic mass is 9.91. The van der Waals surface area contributed by atoms with Crippen LogP contribution < -0.4 is 5.32 Å². The minimum atomic E-state index is 0. The Labute approximate surface area is 169 Å². The minimum absolute atomic E-state index is 0. The molecule has 3 rings (SSSR count). The average molecular weight is 409 g/mol. The molecule has 1 atom stereocenters. The number of hydrogen-bond donors (Lipinski definition) is 1. The number of likely N-dealkylation sites (N-methyl/N-ethyl adjacent to an activating group) is 1. The summed E-state index contributed by atoms with van der Waals surface area (Å²) in [5, 5.41) is 3.39. The zero-order chi connectivity index (χ0) is 17.2. The Hall–Kier alpha value is -0.560. The second-order valence-electron chi connectivity index (χ2n) is 7.54. The molecule has 0 aromatic heterocycles. The summed E-state index contributed by atoms with van der Waals surface area (Å²) in [5.41, 5.74) is 0.304. The van der Waals surface area contributed by atoms with Gasteiger partial charge in [0.05, 0.1) is 6.54 Å². The van der Waals surface area contributed by atoms with Crippen LogP contribution in [-0.2, 0) is 9.59 Å². The van der Waals surface area contributed by atoms with Gasteiger partial charge in [-0.05, 0) is 50.9 Å². The van der Waals surface area contributed by atoms with E-state index in [1.165, 1.54) is 0 Å². The molecule has 2 amide bonds. The van der Waals surface area contributed by atoms with Gasteiger partial charge in [0.1, 0.15) is 0 Å². The third kappa shape index (κ3) is 5.03. The summed E-state index contributed by atoms with van der Waals surface area (Å²) in [6.07, 6.45) is 3.37. The SMILES string of the molecule is CCN(CC)CC(=O)N1CCN(C(=O)C2CC23CCNCC3)CC1.Cl.Cl. The fourth-order valence-electron chi connectivity index (χ4n) is 4.31. The molecule has 1 aliphatic carbocycles. The maximum atomic E-state index is 12.8. The van der Waals surface area contributed by atoms with Crippen LogP contribution in [0.1, 0.15) is 33.1 Å². The molecular weight excluding hydrogens is 375 g/mol. The van der Waals surface area contributed by atoms with Gasteiger partial charge in [0.2, 0.25) is 11.8 Å². The maximum absolute atomic E-state index is 12.8. The first-order chi connectivity index (χ1) is 11.6. The number of piperazine rings is 1. The van der Waals surface area contributed by atoms with E-state index in [0.717, 1.165) is 45.4 Å². The summed E-state index contributed by atoms with van der Waals surface area (Å²) in [4.78, 5) is 31.2. The number of rotatable bonds is 5. The normalized spacial score (nSPS) is 24.0. The number of piperidine rings is 1. The zero-order valence-electron chi connectivity index (χ0n) is 16.0. The van der Waals surface area contributed by atoms with E-state index in [9.17, 15) is 9.59 Å². The quantitative estimate of drug-likeness (QED) is 0.742. The van der Waals surface area contributed by atoms with Crippen LogP contribution in [0.15, 0.2) is 0 Å². The zero-order valence-corrected chi connectivity index (χ0v) is 17.7. The number of nitrogens with zero attached hydrogens (tertiary/aromatic N) is 3. The van der Waals surface area contributed by atoms with E-state index in [1.54, 1.807) is 0 Å². The van der Waals surface area contributed by atoms with Crippen LogP contribution in [-0.4, -0.2) is 85.4 Å². The van der Waals surface area contributed by atoms with Gasteiger partial charge in [-0.25, -0.2) is 0 Å². The van der Waals surface area contributed by atoms with Gasteiger partial charge in [-0.3, -0.25) is 14.5 Å². The molecule has 6 nitrogen and oxygen atoms in total. The Morgan fingerprint density at radius 1 is 1.00 bits per heavy atom. The van der Waals surface area contributed by atoms with Gasteiger partial charge in [-0.2, -0.15) is 0 Å². The number of nitrogens with one attached hydrogen (secondary N) is 1. The number of hydrogen-bond acceptors (Lipinski definition) is 4. The summed E-state index contributed by atoms with van der Waals surface area (Å²) in [5.74, 6) is 0.789. The van der Waals surface area contributed by atoms with Crippen molar-refractivity contribution in [2.45, 2.75) is 33.1 Å². The van der Waals surface area contributed by atoms with Crippen LogP contribution in [0.5, 0.6) is 0 Å². The second-order valence-corrected chi connectivity index (χ2v) is 7.54. The van der Waals surface area contributed by atoms with Gasteiger partial charge in [0, 0.05) is 32.1 Å². The van der Waals surface area contributed by atoms with Crippen LogP contribution in [0.2, 0.25) is 0 Å². The standard InChI is InChI=1S/C18H32N4O2.2ClH/c1-3-20(4-2)14-16(23)21-9-11-22(12-10-21)17(24)15-13-18(15)5-7-19-8-6-18;;/h15,19H,3-14H2,1-2H3;2*1H. The van der Waals surface area contributed by atoms with E-state index in [1.807, 2.05) is 9.80 Å². The van der Waals surface area contributed by atoms with E-state index in [-0.39, 0.29) is 36.6 Å². The second kappa shape index (κ2) is 10.1. The highest BCUT2D eigenvalue weighted by molar-refractivity contribution is 5.85. The summed E-state index contributed by atoms with van der Waals surface area (Å²) in [6, 6.07) is 0. The van der Waals surface area contributed by atoms with E-state index < -0.39 is 0 Å². The molecule has 2 heterocycles. The Bertz CT molecular complexity index is 474.